The minimum atomic E-state index is -0.320. The van der Waals surface area contributed by atoms with Gasteiger partial charge in [0.2, 0.25) is 0 Å². The van der Waals surface area contributed by atoms with Crippen molar-refractivity contribution >= 4 is 28.1 Å². The lowest BCUT2D eigenvalue weighted by Crippen LogP contribution is -2.46. The summed E-state index contributed by atoms with van der Waals surface area (Å²) in [6, 6.07) is 5.23. The predicted octanol–water partition coefficient (Wildman–Crippen LogP) is 4.90. The van der Waals surface area contributed by atoms with Crippen LogP contribution in [-0.4, -0.2) is 28.4 Å². The molecule has 0 radical (unpaired) electrons. The van der Waals surface area contributed by atoms with Gasteiger partial charge in [-0.15, -0.1) is 11.3 Å². The van der Waals surface area contributed by atoms with Crippen molar-refractivity contribution in [3.8, 4) is 0 Å². The van der Waals surface area contributed by atoms with Crippen LogP contribution < -0.4 is 5.32 Å². The lowest BCUT2D eigenvalue weighted by atomic mass is 9.92. The number of nitrogens with one attached hydrogen (secondary N) is 1. The van der Waals surface area contributed by atoms with Gasteiger partial charge in [-0.3, -0.25) is 4.79 Å². The highest BCUT2D eigenvalue weighted by Gasteiger charge is 2.31. The second-order valence-electron chi connectivity index (χ2n) is 6.89. The summed E-state index contributed by atoms with van der Waals surface area (Å²) in [5.41, 5.74) is 1.71. The van der Waals surface area contributed by atoms with Gasteiger partial charge in [-0.2, -0.15) is 0 Å². The van der Waals surface area contributed by atoms with E-state index in [1.165, 1.54) is 17.4 Å². The molecule has 1 amide bonds. The van der Waals surface area contributed by atoms with E-state index in [2.05, 4.69) is 24.1 Å². The lowest BCUT2D eigenvalue weighted by molar-refractivity contribution is 0.0545. The first-order valence-corrected chi connectivity index (χ1v) is 9.50. The Morgan fingerprint density at radius 1 is 1.36 bits per heavy atom. The van der Waals surface area contributed by atoms with Crippen LogP contribution in [-0.2, 0) is 0 Å². The molecule has 1 aliphatic rings. The molecule has 6 heteroatoms. The van der Waals surface area contributed by atoms with E-state index in [0.29, 0.717) is 22.4 Å². The predicted molar refractivity (Wildman–Crippen MR) is 100 cm³/mol. The fourth-order valence-electron chi connectivity index (χ4n) is 3.24. The van der Waals surface area contributed by atoms with Crippen LogP contribution in [0.4, 0.5) is 15.2 Å². The summed E-state index contributed by atoms with van der Waals surface area (Å²) < 4.78 is 14.0. The maximum Gasteiger partial charge on any atom is 0.273 e. The normalized spacial score (nSPS) is 20.6. The van der Waals surface area contributed by atoms with Crippen LogP contribution in [0.25, 0.3) is 0 Å². The number of likely N-dealkylation sites (tertiary alicyclic amines) is 1. The Hall–Kier alpha value is -1.95. The number of rotatable bonds is 3. The maximum atomic E-state index is 14.0. The fourth-order valence-corrected chi connectivity index (χ4v) is 4.06. The summed E-state index contributed by atoms with van der Waals surface area (Å²) in [7, 11) is 0. The third-order valence-corrected chi connectivity index (χ3v) is 5.89. The average molecular weight is 361 g/mol. The van der Waals surface area contributed by atoms with Crippen LogP contribution in [0.5, 0.6) is 0 Å². The number of benzene rings is 1. The van der Waals surface area contributed by atoms with Crippen LogP contribution in [0.1, 0.15) is 47.6 Å². The molecule has 2 aromatic rings. The second-order valence-corrected chi connectivity index (χ2v) is 8.09. The first-order valence-electron chi connectivity index (χ1n) is 8.68. The molecule has 0 aliphatic carbocycles. The van der Waals surface area contributed by atoms with E-state index >= 15 is 0 Å². The summed E-state index contributed by atoms with van der Waals surface area (Å²) in [6.45, 7) is 8.80. The Bertz CT molecular complexity index is 789. The molecule has 3 rings (SSSR count). The first kappa shape index (κ1) is 17.9. The molecular formula is C19H24FN3OS. The first-order chi connectivity index (χ1) is 11.9. The molecule has 25 heavy (non-hydrogen) atoms. The third-order valence-electron chi connectivity index (χ3n) is 5.00. The van der Waals surface area contributed by atoms with Crippen molar-refractivity contribution in [1.29, 1.82) is 0 Å². The number of hydrogen-bond acceptors (Lipinski definition) is 4. The smallest absolute Gasteiger partial charge is 0.273 e. The van der Waals surface area contributed by atoms with Gasteiger partial charge < -0.3 is 10.2 Å². The Morgan fingerprint density at radius 2 is 2.12 bits per heavy atom. The van der Waals surface area contributed by atoms with Crippen LogP contribution in [0, 0.1) is 25.6 Å². The van der Waals surface area contributed by atoms with E-state index in [1.54, 1.807) is 6.07 Å². The molecule has 1 fully saturated rings. The van der Waals surface area contributed by atoms with E-state index in [9.17, 15) is 9.18 Å². The number of amides is 1. The van der Waals surface area contributed by atoms with Crippen molar-refractivity contribution in [2.45, 2.75) is 46.6 Å². The standard InChI is InChI=1S/C19H24FN3OS/c1-11-7-8-16(15(20)10-11)21-19-22-17(14(4)25-19)18(24)23-9-5-6-12(2)13(23)3/h7-8,10,12-13H,5-6,9H2,1-4H3,(H,21,22)/t12-,13-/m0/s1. The summed E-state index contributed by atoms with van der Waals surface area (Å²) in [5.74, 6) is 0.153. The summed E-state index contributed by atoms with van der Waals surface area (Å²) in [5, 5.41) is 3.54. The SMILES string of the molecule is Cc1ccc(Nc2nc(C(=O)N3CCC[C@H](C)[C@@H]3C)c(C)s2)c(F)c1. The number of carbonyl (C=O) groups is 1. The van der Waals surface area contributed by atoms with Crippen molar-refractivity contribution in [3.63, 3.8) is 0 Å². The number of aromatic nitrogens is 1. The number of thiazole rings is 1. The quantitative estimate of drug-likeness (QED) is 0.845. The number of nitrogens with zero attached hydrogens (tertiary/aromatic N) is 2. The van der Waals surface area contributed by atoms with Crippen molar-refractivity contribution < 1.29 is 9.18 Å². The number of hydrogen-bond donors (Lipinski definition) is 1. The Kier molecular flexibility index (Phi) is 5.08. The van der Waals surface area contributed by atoms with E-state index in [-0.39, 0.29) is 17.8 Å². The molecule has 0 saturated carbocycles. The van der Waals surface area contributed by atoms with Gasteiger partial charge in [0, 0.05) is 17.5 Å². The van der Waals surface area contributed by atoms with E-state index in [1.807, 2.05) is 24.8 Å². The van der Waals surface area contributed by atoms with Crippen molar-refractivity contribution in [2.24, 2.45) is 5.92 Å². The third kappa shape index (κ3) is 3.68. The van der Waals surface area contributed by atoms with Gasteiger partial charge in [0.25, 0.3) is 5.91 Å². The lowest BCUT2D eigenvalue weighted by Gasteiger charge is -2.37. The maximum absolute atomic E-state index is 14.0. The molecule has 0 unspecified atom stereocenters. The molecule has 0 spiro atoms. The molecule has 1 aromatic carbocycles. The number of carbonyl (C=O) groups excluding carboxylic acids is 1. The Morgan fingerprint density at radius 3 is 2.84 bits per heavy atom. The largest absolute Gasteiger partial charge is 0.334 e. The van der Waals surface area contributed by atoms with Crippen LogP contribution in [0.3, 0.4) is 0 Å². The number of halogens is 1. The molecular weight excluding hydrogens is 337 g/mol. The molecule has 2 atom stereocenters. The summed E-state index contributed by atoms with van der Waals surface area (Å²) >= 11 is 1.38. The summed E-state index contributed by atoms with van der Waals surface area (Å²) in [4.78, 5) is 20.2. The average Bonchev–Trinajstić information content (AvgIpc) is 2.93. The van der Waals surface area contributed by atoms with E-state index in [4.69, 9.17) is 0 Å². The van der Waals surface area contributed by atoms with Gasteiger partial charge in [-0.25, -0.2) is 9.37 Å². The van der Waals surface area contributed by atoms with Gasteiger partial charge in [0.1, 0.15) is 11.5 Å². The number of anilines is 2. The van der Waals surface area contributed by atoms with Crippen molar-refractivity contribution in [3.05, 3.63) is 40.2 Å². The molecule has 134 valence electrons. The highest BCUT2D eigenvalue weighted by molar-refractivity contribution is 7.15. The highest BCUT2D eigenvalue weighted by atomic mass is 32.1. The van der Waals surface area contributed by atoms with Gasteiger partial charge in [-0.1, -0.05) is 13.0 Å². The van der Waals surface area contributed by atoms with Gasteiger partial charge in [-0.05, 0) is 57.2 Å². The highest BCUT2D eigenvalue weighted by Crippen LogP contribution is 2.30. The molecule has 1 aliphatic heterocycles. The van der Waals surface area contributed by atoms with Crippen molar-refractivity contribution in [2.75, 3.05) is 11.9 Å². The number of piperidine rings is 1. The minimum Gasteiger partial charge on any atom is -0.334 e. The zero-order valence-electron chi connectivity index (χ0n) is 15.1. The monoisotopic (exact) mass is 361 g/mol. The van der Waals surface area contributed by atoms with E-state index in [0.717, 1.165) is 29.8 Å². The molecule has 1 aromatic heterocycles. The zero-order chi connectivity index (χ0) is 18.1. The molecule has 0 bridgehead atoms. The molecule has 4 nitrogen and oxygen atoms in total. The Balaban J connectivity index is 1.81. The van der Waals surface area contributed by atoms with E-state index < -0.39 is 0 Å². The van der Waals surface area contributed by atoms with Crippen molar-refractivity contribution in [1.82, 2.24) is 9.88 Å². The van der Waals surface area contributed by atoms with Gasteiger partial charge in [0.15, 0.2) is 5.13 Å². The topological polar surface area (TPSA) is 45.2 Å². The fraction of sp³-hybridized carbons (Fsp3) is 0.474. The van der Waals surface area contributed by atoms with Gasteiger partial charge >= 0.3 is 0 Å². The van der Waals surface area contributed by atoms with Crippen LogP contribution >= 0.6 is 11.3 Å². The van der Waals surface area contributed by atoms with Crippen LogP contribution in [0.2, 0.25) is 0 Å². The van der Waals surface area contributed by atoms with Gasteiger partial charge in [0.05, 0.1) is 5.69 Å². The minimum absolute atomic E-state index is 0.0229. The Labute approximate surface area is 152 Å². The zero-order valence-corrected chi connectivity index (χ0v) is 15.9. The molecule has 2 heterocycles. The number of aryl methyl sites for hydroxylation is 2. The summed E-state index contributed by atoms with van der Waals surface area (Å²) in [6.07, 6.45) is 2.18. The molecule has 1 saturated heterocycles. The second kappa shape index (κ2) is 7.12. The molecule has 1 N–H and O–H groups in total. The van der Waals surface area contributed by atoms with Crippen LogP contribution in [0.15, 0.2) is 18.2 Å².